The van der Waals surface area contributed by atoms with E-state index in [-0.39, 0.29) is 0 Å². The quantitative estimate of drug-likeness (QED) is 0.663. The molecule has 74 valence electrons. The Bertz CT molecular complexity index is 465. The van der Waals surface area contributed by atoms with Gasteiger partial charge in [0.25, 0.3) is 5.16 Å². The summed E-state index contributed by atoms with van der Waals surface area (Å²) in [5.41, 5.74) is 0. The van der Waals surface area contributed by atoms with Crippen LogP contribution in [0, 0.1) is 0 Å². The highest BCUT2D eigenvalue weighted by Gasteiger charge is 2.18. The lowest BCUT2D eigenvalue weighted by molar-refractivity contribution is 0.592. The molecular weight excluding hydrogens is 218 g/mol. The van der Waals surface area contributed by atoms with Gasteiger partial charge in [0.15, 0.2) is 0 Å². The fourth-order valence-corrected chi connectivity index (χ4v) is 1.55. The van der Waals surface area contributed by atoms with E-state index in [1.54, 1.807) is 0 Å². The molecule has 0 spiro atoms. The number of nitrogens with one attached hydrogen (secondary N) is 1. The zero-order valence-corrected chi connectivity index (χ0v) is 8.48. The topological polar surface area (TPSA) is 110 Å². The maximum Gasteiger partial charge on any atom is 0.267 e. The van der Waals surface area contributed by atoms with Gasteiger partial charge in [-0.05, 0) is 0 Å². The molecule has 0 radical (unpaired) electrons. The van der Waals surface area contributed by atoms with Gasteiger partial charge in [-0.1, -0.05) is 0 Å². The van der Waals surface area contributed by atoms with E-state index in [4.69, 9.17) is 0 Å². The number of aromatic amines is 1. The standard InChI is InChI=1S/C4H7N3O4S2/c1-12(8,9)3-5-4(7-6-3)13(2,10)11/h1-2H3,(H,5,6,7). The van der Waals surface area contributed by atoms with Crippen molar-refractivity contribution in [2.45, 2.75) is 10.3 Å². The average molecular weight is 225 g/mol. The molecule has 0 saturated heterocycles. The van der Waals surface area contributed by atoms with Crippen LogP contribution in [0.3, 0.4) is 0 Å². The molecule has 0 saturated carbocycles. The highest BCUT2D eigenvalue weighted by Crippen LogP contribution is 2.05. The third-order valence-electron chi connectivity index (χ3n) is 1.13. The highest BCUT2D eigenvalue weighted by molar-refractivity contribution is 7.91. The molecule has 13 heavy (non-hydrogen) atoms. The predicted molar refractivity (Wildman–Crippen MR) is 42.6 cm³/mol. The Balaban J connectivity index is 3.32. The summed E-state index contributed by atoms with van der Waals surface area (Å²) in [7, 11) is -7.10. The minimum absolute atomic E-state index is 0.451. The number of H-pyrrole nitrogens is 1. The second kappa shape index (κ2) is 2.77. The zero-order valence-electron chi connectivity index (χ0n) is 6.84. The van der Waals surface area contributed by atoms with Crippen LogP contribution in [0.1, 0.15) is 0 Å². The van der Waals surface area contributed by atoms with Gasteiger partial charge < -0.3 is 0 Å². The van der Waals surface area contributed by atoms with Crippen molar-refractivity contribution in [3.05, 3.63) is 0 Å². The van der Waals surface area contributed by atoms with E-state index < -0.39 is 30.0 Å². The van der Waals surface area contributed by atoms with Crippen LogP contribution in [0.2, 0.25) is 0 Å². The molecule has 0 aliphatic rings. The Hall–Kier alpha value is -0.960. The van der Waals surface area contributed by atoms with Gasteiger partial charge in [-0.3, -0.25) is 0 Å². The monoisotopic (exact) mass is 225 g/mol. The first-order chi connectivity index (χ1) is 5.71. The number of rotatable bonds is 2. The van der Waals surface area contributed by atoms with Crippen molar-refractivity contribution in [1.82, 2.24) is 15.2 Å². The van der Waals surface area contributed by atoms with Gasteiger partial charge in [0.2, 0.25) is 24.8 Å². The van der Waals surface area contributed by atoms with Crippen molar-refractivity contribution in [2.75, 3.05) is 12.5 Å². The Morgan fingerprint density at radius 3 is 1.85 bits per heavy atom. The Labute approximate surface area is 75.0 Å². The molecule has 1 N–H and O–H groups in total. The molecule has 0 aromatic carbocycles. The molecule has 0 bridgehead atoms. The highest BCUT2D eigenvalue weighted by atomic mass is 32.2. The van der Waals surface area contributed by atoms with Crippen LogP contribution in [-0.4, -0.2) is 44.5 Å². The summed E-state index contributed by atoms with van der Waals surface area (Å²) in [4.78, 5) is 3.31. The molecule has 0 unspecified atom stereocenters. The minimum Gasteiger partial charge on any atom is -0.249 e. The summed E-state index contributed by atoms with van der Waals surface area (Å²) < 4.78 is 43.4. The molecular formula is C4H7N3O4S2. The van der Waals surface area contributed by atoms with Crippen molar-refractivity contribution in [3.8, 4) is 0 Å². The van der Waals surface area contributed by atoms with E-state index >= 15 is 0 Å². The van der Waals surface area contributed by atoms with Crippen molar-refractivity contribution in [2.24, 2.45) is 0 Å². The fraction of sp³-hybridized carbons (Fsp3) is 0.500. The molecule has 1 rings (SSSR count). The molecule has 1 aromatic heterocycles. The van der Waals surface area contributed by atoms with Crippen LogP contribution < -0.4 is 0 Å². The summed E-state index contributed by atoms with van der Waals surface area (Å²) in [5.74, 6) is 0. The molecule has 1 aromatic rings. The molecule has 0 aliphatic carbocycles. The average Bonchev–Trinajstić information content (AvgIpc) is 2.28. The van der Waals surface area contributed by atoms with Crippen LogP contribution in [-0.2, 0) is 19.7 Å². The van der Waals surface area contributed by atoms with Crippen LogP contribution in [0.25, 0.3) is 0 Å². The molecule has 0 atom stereocenters. The lowest BCUT2D eigenvalue weighted by atomic mass is 11.3. The molecule has 1 heterocycles. The van der Waals surface area contributed by atoms with E-state index in [2.05, 4.69) is 10.1 Å². The van der Waals surface area contributed by atoms with Gasteiger partial charge in [0.05, 0.1) is 0 Å². The van der Waals surface area contributed by atoms with Crippen molar-refractivity contribution in [1.29, 1.82) is 0 Å². The van der Waals surface area contributed by atoms with Gasteiger partial charge in [0, 0.05) is 12.5 Å². The van der Waals surface area contributed by atoms with Crippen LogP contribution in [0.5, 0.6) is 0 Å². The van der Waals surface area contributed by atoms with Crippen LogP contribution in [0.15, 0.2) is 10.3 Å². The van der Waals surface area contributed by atoms with E-state index in [0.717, 1.165) is 12.5 Å². The van der Waals surface area contributed by atoms with Gasteiger partial charge >= 0.3 is 0 Å². The summed E-state index contributed by atoms with van der Waals surface area (Å²) in [5, 5.41) is 4.30. The first kappa shape index (κ1) is 10.1. The van der Waals surface area contributed by atoms with E-state index in [9.17, 15) is 16.8 Å². The molecule has 9 heteroatoms. The number of hydrogen-bond acceptors (Lipinski definition) is 6. The van der Waals surface area contributed by atoms with Gasteiger partial charge in [-0.2, -0.15) is 4.98 Å². The smallest absolute Gasteiger partial charge is 0.249 e. The van der Waals surface area contributed by atoms with Gasteiger partial charge in [-0.15, -0.1) is 5.10 Å². The number of sulfone groups is 2. The summed E-state index contributed by atoms with van der Waals surface area (Å²) in [6.07, 6.45) is 1.79. The lowest BCUT2D eigenvalue weighted by Crippen LogP contribution is -2.01. The number of aromatic nitrogens is 3. The van der Waals surface area contributed by atoms with Crippen molar-refractivity contribution >= 4 is 19.7 Å². The third-order valence-corrected chi connectivity index (χ3v) is 2.86. The van der Waals surface area contributed by atoms with E-state index in [1.165, 1.54) is 0 Å². The first-order valence-corrected chi connectivity index (χ1v) is 6.82. The molecule has 7 nitrogen and oxygen atoms in total. The largest absolute Gasteiger partial charge is 0.267 e. The third kappa shape index (κ3) is 2.25. The van der Waals surface area contributed by atoms with E-state index in [0.29, 0.717) is 0 Å². The molecule has 0 fully saturated rings. The number of hydrogen-bond donors (Lipinski definition) is 1. The normalized spacial score (nSPS) is 13.1. The predicted octanol–water partition coefficient (Wildman–Crippen LogP) is -1.39. The maximum atomic E-state index is 10.8. The molecule has 0 amide bonds. The second-order valence-electron chi connectivity index (χ2n) is 2.47. The van der Waals surface area contributed by atoms with Crippen molar-refractivity contribution in [3.63, 3.8) is 0 Å². The Morgan fingerprint density at radius 2 is 1.62 bits per heavy atom. The maximum absolute atomic E-state index is 10.8. The number of nitrogens with zero attached hydrogens (tertiary/aromatic N) is 2. The first-order valence-electron chi connectivity index (χ1n) is 3.04. The van der Waals surface area contributed by atoms with E-state index in [1.807, 2.05) is 5.10 Å². The van der Waals surface area contributed by atoms with Crippen molar-refractivity contribution < 1.29 is 16.8 Å². The van der Waals surface area contributed by atoms with Gasteiger partial charge in [-0.25, -0.2) is 21.9 Å². The van der Waals surface area contributed by atoms with Crippen LogP contribution >= 0.6 is 0 Å². The fourth-order valence-electron chi connectivity index (χ4n) is 0.564. The molecule has 0 aliphatic heterocycles. The summed E-state index contributed by atoms with van der Waals surface area (Å²) >= 11 is 0. The minimum atomic E-state index is -3.56. The Morgan fingerprint density at radius 1 is 1.08 bits per heavy atom. The lowest BCUT2D eigenvalue weighted by Gasteiger charge is -1.86. The Kier molecular flexibility index (Phi) is 2.16. The second-order valence-corrected chi connectivity index (χ2v) is 6.31. The zero-order chi connectivity index (χ0) is 10.3. The summed E-state index contributed by atoms with van der Waals surface area (Å²) in [6.45, 7) is 0. The van der Waals surface area contributed by atoms with Crippen LogP contribution in [0.4, 0.5) is 0 Å². The van der Waals surface area contributed by atoms with Gasteiger partial charge in [0.1, 0.15) is 0 Å². The summed E-state index contributed by atoms with van der Waals surface area (Å²) in [6, 6.07) is 0. The SMILES string of the molecule is CS(=O)(=O)c1n[nH]c(S(C)(=O)=O)n1.